The zero-order chi connectivity index (χ0) is 20.4. The molecule has 0 bridgehead atoms. The third-order valence-electron chi connectivity index (χ3n) is 5.51. The Morgan fingerprint density at radius 3 is 2.29 bits per heavy atom. The fourth-order valence-corrected chi connectivity index (χ4v) is 5.71. The van der Waals surface area contributed by atoms with E-state index >= 15 is 0 Å². The molecule has 5 nitrogen and oxygen atoms in total. The molecule has 0 aromatic heterocycles. The Labute approximate surface area is 165 Å². The normalized spacial score (nSPS) is 24.2. The molecular formula is C19H28F3N3O2S. The predicted molar refractivity (Wildman–Crippen MR) is 102 cm³/mol. The summed E-state index contributed by atoms with van der Waals surface area (Å²) in [7, 11) is -3.44. The fourth-order valence-electron chi connectivity index (χ4n) is 3.91. The SMILES string of the molecule is CC1CCCN(S(=O)(=O)N2CCCN(Cc3ccc(C(F)(F)F)cc3)CC2)C1. The Hall–Kier alpha value is -1.16. The molecule has 0 aliphatic carbocycles. The first-order valence-electron chi connectivity index (χ1n) is 9.80. The topological polar surface area (TPSA) is 43.9 Å². The van der Waals surface area contributed by atoms with E-state index in [2.05, 4.69) is 11.8 Å². The molecule has 0 spiro atoms. The van der Waals surface area contributed by atoms with Crippen LogP contribution in [0, 0.1) is 5.92 Å². The minimum atomic E-state index is -4.33. The van der Waals surface area contributed by atoms with E-state index in [-0.39, 0.29) is 0 Å². The predicted octanol–water partition coefficient (Wildman–Crippen LogP) is 3.19. The van der Waals surface area contributed by atoms with Crippen molar-refractivity contribution in [3.8, 4) is 0 Å². The van der Waals surface area contributed by atoms with Gasteiger partial charge in [-0.2, -0.15) is 30.2 Å². The van der Waals surface area contributed by atoms with Gasteiger partial charge >= 0.3 is 6.18 Å². The van der Waals surface area contributed by atoms with Crippen molar-refractivity contribution in [3.05, 3.63) is 35.4 Å². The van der Waals surface area contributed by atoms with Crippen LogP contribution in [0.5, 0.6) is 0 Å². The maximum Gasteiger partial charge on any atom is 0.416 e. The van der Waals surface area contributed by atoms with Gasteiger partial charge in [-0.15, -0.1) is 0 Å². The van der Waals surface area contributed by atoms with E-state index in [0.29, 0.717) is 51.6 Å². The first-order valence-corrected chi connectivity index (χ1v) is 11.2. The van der Waals surface area contributed by atoms with Crippen LogP contribution in [0.15, 0.2) is 24.3 Å². The van der Waals surface area contributed by atoms with Crippen molar-refractivity contribution >= 4 is 10.2 Å². The van der Waals surface area contributed by atoms with E-state index in [1.807, 2.05) is 0 Å². The monoisotopic (exact) mass is 419 g/mol. The van der Waals surface area contributed by atoms with Gasteiger partial charge in [0, 0.05) is 39.3 Å². The summed E-state index contributed by atoms with van der Waals surface area (Å²) in [6, 6.07) is 5.19. The molecule has 158 valence electrons. The van der Waals surface area contributed by atoms with Crippen molar-refractivity contribution in [2.45, 2.75) is 38.9 Å². The van der Waals surface area contributed by atoms with Gasteiger partial charge in [-0.25, -0.2) is 0 Å². The third kappa shape index (κ3) is 5.25. The minimum Gasteiger partial charge on any atom is -0.298 e. The number of piperidine rings is 1. The zero-order valence-electron chi connectivity index (χ0n) is 16.2. The second kappa shape index (κ2) is 8.69. The second-order valence-electron chi connectivity index (χ2n) is 7.84. The van der Waals surface area contributed by atoms with E-state index in [1.54, 1.807) is 8.61 Å². The van der Waals surface area contributed by atoms with Crippen LogP contribution in [-0.2, 0) is 22.9 Å². The van der Waals surface area contributed by atoms with E-state index in [0.717, 1.165) is 37.1 Å². The highest BCUT2D eigenvalue weighted by Crippen LogP contribution is 2.29. The summed E-state index contributed by atoms with van der Waals surface area (Å²) >= 11 is 0. The molecule has 9 heteroatoms. The molecule has 2 aliphatic heterocycles. The van der Waals surface area contributed by atoms with Gasteiger partial charge < -0.3 is 0 Å². The van der Waals surface area contributed by atoms with Crippen LogP contribution in [0.2, 0.25) is 0 Å². The molecule has 1 aromatic rings. The molecule has 28 heavy (non-hydrogen) atoms. The molecule has 0 N–H and O–H groups in total. The third-order valence-corrected chi connectivity index (χ3v) is 7.51. The Morgan fingerprint density at radius 2 is 1.64 bits per heavy atom. The Kier molecular flexibility index (Phi) is 6.69. The number of rotatable bonds is 4. The van der Waals surface area contributed by atoms with Crippen molar-refractivity contribution in [3.63, 3.8) is 0 Å². The van der Waals surface area contributed by atoms with Crippen molar-refractivity contribution in [1.82, 2.24) is 13.5 Å². The van der Waals surface area contributed by atoms with Crippen molar-refractivity contribution in [1.29, 1.82) is 0 Å². The highest BCUT2D eigenvalue weighted by molar-refractivity contribution is 7.86. The quantitative estimate of drug-likeness (QED) is 0.753. The van der Waals surface area contributed by atoms with E-state index < -0.39 is 21.9 Å². The van der Waals surface area contributed by atoms with Crippen LogP contribution in [0.25, 0.3) is 0 Å². The summed E-state index contributed by atoms with van der Waals surface area (Å²) < 4.78 is 67.2. The lowest BCUT2D eigenvalue weighted by Crippen LogP contribution is -2.48. The van der Waals surface area contributed by atoms with Gasteiger partial charge in [0.15, 0.2) is 0 Å². The number of halogens is 3. The Balaban J connectivity index is 1.59. The van der Waals surface area contributed by atoms with Gasteiger partial charge in [0.2, 0.25) is 0 Å². The maximum absolute atomic E-state index is 13.0. The average molecular weight is 420 g/mol. The standard InChI is InChI=1S/C19H28F3N3O2S/c1-16-4-2-10-25(14-16)28(26,27)24-11-3-9-23(12-13-24)15-17-5-7-18(8-6-17)19(20,21)22/h5-8,16H,2-4,9-15H2,1H3. The fraction of sp³-hybridized carbons (Fsp3) is 0.684. The molecule has 3 rings (SSSR count). The summed E-state index contributed by atoms with van der Waals surface area (Å²) in [6.07, 6.45) is -1.66. The summed E-state index contributed by atoms with van der Waals surface area (Å²) in [4.78, 5) is 2.11. The number of alkyl halides is 3. The lowest BCUT2D eigenvalue weighted by molar-refractivity contribution is -0.137. The first-order chi connectivity index (χ1) is 13.2. The lowest BCUT2D eigenvalue weighted by Gasteiger charge is -2.34. The Bertz CT molecular complexity index is 753. The molecule has 0 saturated carbocycles. The molecule has 2 aliphatic rings. The number of nitrogens with zero attached hydrogens (tertiary/aromatic N) is 3. The molecule has 1 aromatic carbocycles. The summed E-state index contributed by atoms with van der Waals surface area (Å²) in [5.41, 5.74) is 0.148. The average Bonchev–Trinajstić information content (AvgIpc) is 2.87. The van der Waals surface area contributed by atoms with Crippen LogP contribution >= 0.6 is 0 Å². The summed E-state index contributed by atoms with van der Waals surface area (Å²) in [5.74, 6) is 0.381. The summed E-state index contributed by atoms with van der Waals surface area (Å²) in [6.45, 7) is 5.95. The molecule has 1 atom stereocenters. The number of hydrogen-bond acceptors (Lipinski definition) is 3. The van der Waals surface area contributed by atoms with Crippen molar-refractivity contribution < 1.29 is 21.6 Å². The van der Waals surface area contributed by atoms with Crippen molar-refractivity contribution in [2.24, 2.45) is 5.92 Å². The minimum absolute atomic E-state index is 0.381. The second-order valence-corrected chi connectivity index (χ2v) is 9.77. The first kappa shape index (κ1) is 21.5. The number of benzene rings is 1. The van der Waals surface area contributed by atoms with E-state index in [4.69, 9.17) is 0 Å². The summed E-state index contributed by atoms with van der Waals surface area (Å²) in [5, 5.41) is 0. The molecule has 2 fully saturated rings. The smallest absolute Gasteiger partial charge is 0.298 e. The molecule has 0 radical (unpaired) electrons. The van der Waals surface area contributed by atoms with Gasteiger partial charge in [-0.1, -0.05) is 19.1 Å². The Morgan fingerprint density at radius 1 is 0.964 bits per heavy atom. The van der Waals surface area contributed by atoms with E-state index in [1.165, 1.54) is 12.1 Å². The highest BCUT2D eigenvalue weighted by Gasteiger charge is 2.33. The highest BCUT2D eigenvalue weighted by atomic mass is 32.2. The lowest BCUT2D eigenvalue weighted by atomic mass is 10.0. The maximum atomic E-state index is 13.0. The van der Waals surface area contributed by atoms with Crippen LogP contribution < -0.4 is 0 Å². The molecule has 2 heterocycles. The van der Waals surface area contributed by atoms with Crippen LogP contribution in [0.1, 0.15) is 37.3 Å². The van der Waals surface area contributed by atoms with Gasteiger partial charge in [0.25, 0.3) is 10.2 Å². The zero-order valence-corrected chi connectivity index (χ0v) is 17.0. The molecule has 2 saturated heterocycles. The molecular weight excluding hydrogens is 391 g/mol. The largest absolute Gasteiger partial charge is 0.416 e. The van der Waals surface area contributed by atoms with E-state index in [9.17, 15) is 21.6 Å². The molecule has 0 amide bonds. The van der Waals surface area contributed by atoms with Crippen LogP contribution in [0.4, 0.5) is 13.2 Å². The molecule has 1 unspecified atom stereocenters. The van der Waals surface area contributed by atoms with Gasteiger partial charge in [-0.3, -0.25) is 4.90 Å². The van der Waals surface area contributed by atoms with Crippen LogP contribution in [0.3, 0.4) is 0 Å². The van der Waals surface area contributed by atoms with Gasteiger partial charge in [0.05, 0.1) is 5.56 Å². The van der Waals surface area contributed by atoms with Crippen LogP contribution in [-0.4, -0.2) is 61.2 Å². The van der Waals surface area contributed by atoms with Gasteiger partial charge in [0.1, 0.15) is 0 Å². The van der Waals surface area contributed by atoms with Crippen molar-refractivity contribution in [2.75, 3.05) is 39.3 Å². The van der Waals surface area contributed by atoms with Gasteiger partial charge in [-0.05, 0) is 49.4 Å². The number of hydrogen-bond donors (Lipinski definition) is 0.